The van der Waals surface area contributed by atoms with Gasteiger partial charge in [0.1, 0.15) is 5.75 Å². The average Bonchev–Trinajstić information content (AvgIpc) is 3.53. The lowest BCUT2D eigenvalue weighted by atomic mass is 9.67. The maximum absolute atomic E-state index is 14.0. The number of hydrogen-bond acceptors (Lipinski definition) is 5. The molecule has 2 N–H and O–H groups in total. The monoisotopic (exact) mass is 576 g/mol. The van der Waals surface area contributed by atoms with Crippen LogP contribution in [-0.2, 0) is 14.3 Å². The van der Waals surface area contributed by atoms with Gasteiger partial charge in [0.25, 0.3) is 0 Å². The SMILES string of the molecule is CC/C(=C\c1cccc(O)c1)CC[C@H]1OC[C@H]2C1=C(C(C)C)C[C@H]1C(=O)N(c3ccc(Nc4ccccc4)cc3)C(=O)[C@H]12. The van der Waals surface area contributed by atoms with Gasteiger partial charge in [0.15, 0.2) is 0 Å². The second kappa shape index (κ2) is 12.2. The van der Waals surface area contributed by atoms with Crippen molar-refractivity contribution in [3.63, 3.8) is 0 Å². The number of phenols is 1. The van der Waals surface area contributed by atoms with Crippen molar-refractivity contribution >= 4 is 35.0 Å². The molecule has 0 spiro atoms. The van der Waals surface area contributed by atoms with Gasteiger partial charge in [-0.2, -0.15) is 0 Å². The zero-order valence-corrected chi connectivity index (χ0v) is 25.1. The number of hydrogen-bond donors (Lipinski definition) is 2. The summed E-state index contributed by atoms with van der Waals surface area (Å²) in [5.74, 6) is -0.462. The van der Waals surface area contributed by atoms with E-state index in [0.29, 0.717) is 18.7 Å². The third-order valence-electron chi connectivity index (χ3n) is 9.25. The number of imide groups is 1. The highest BCUT2D eigenvalue weighted by Crippen LogP contribution is 2.52. The summed E-state index contributed by atoms with van der Waals surface area (Å²) in [5.41, 5.74) is 7.32. The van der Waals surface area contributed by atoms with E-state index >= 15 is 0 Å². The Morgan fingerprint density at radius 1 is 0.977 bits per heavy atom. The summed E-state index contributed by atoms with van der Waals surface area (Å²) in [6.45, 7) is 7.00. The van der Waals surface area contributed by atoms with Crippen LogP contribution in [0.25, 0.3) is 6.08 Å². The first kappa shape index (κ1) is 28.9. The van der Waals surface area contributed by atoms with Crippen molar-refractivity contribution in [2.75, 3.05) is 16.8 Å². The number of amides is 2. The van der Waals surface area contributed by atoms with Crippen molar-refractivity contribution in [3.05, 3.63) is 101 Å². The van der Waals surface area contributed by atoms with Crippen molar-refractivity contribution < 1.29 is 19.4 Å². The number of carbonyl (C=O) groups is 2. The Labute approximate surface area is 254 Å². The summed E-state index contributed by atoms with van der Waals surface area (Å²) in [5, 5.41) is 13.2. The van der Waals surface area contributed by atoms with Gasteiger partial charge in [0, 0.05) is 17.3 Å². The molecule has 2 fully saturated rings. The summed E-state index contributed by atoms with van der Waals surface area (Å²) < 4.78 is 6.43. The van der Waals surface area contributed by atoms with Gasteiger partial charge in [0.2, 0.25) is 11.8 Å². The van der Waals surface area contributed by atoms with E-state index in [1.54, 1.807) is 12.1 Å². The molecular weight excluding hydrogens is 536 g/mol. The first-order valence-electron chi connectivity index (χ1n) is 15.5. The fraction of sp³-hybridized carbons (Fsp3) is 0.351. The number of para-hydroxylation sites is 1. The molecule has 6 heteroatoms. The second-order valence-corrected chi connectivity index (χ2v) is 12.2. The molecule has 3 aromatic carbocycles. The topological polar surface area (TPSA) is 78.9 Å². The zero-order valence-electron chi connectivity index (χ0n) is 25.1. The molecule has 4 atom stereocenters. The minimum absolute atomic E-state index is 0.0530. The normalized spacial score (nSPS) is 23.6. The van der Waals surface area contributed by atoms with Crippen molar-refractivity contribution in [2.24, 2.45) is 23.7 Å². The van der Waals surface area contributed by atoms with E-state index in [-0.39, 0.29) is 47.3 Å². The number of nitrogens with zero attached hydrogens (tertiary/aromatic N) is 1. The Kier molecular flexibility index (Phi) is 8.22. The molecule has 2 saturated heterocycles. The predicted molar refractivity (Wildman–Crippen MR) is 171 cm³/mol. The highest BCUT2D eigenvalue weighted by atomic mass is 16.5. The minimum Gasteiger partial charge on any atom is -0.508 e. The van der Waals surface area contributed by atoms with Gasteiger partial charge in [0.05, 0.1) is 30.2 Å². The highest BCUT2D eigenvalue weighted by Gasteiger charge is 2.57. The molecule has 0 radical (unpaired) electrons. The van der Waals surface area contributed by atoms with Crippen LogP contribution in [0.5, 0.6) is 5.75 Å². The lowest BCUT2D eigenvalue weighted by Gasteiger charge is -2.33. The van der Waals surface area contributed by atoms with E-state index in [9.17, 15) is 14.7 Å². The largest absolute Gasteiger partial charge is 0.508 e. The Balaban J connectivity index is 1.20. The van der Waals surface area contributed by atoms with Gasteiger partial charge in [-0.05, 0) is 91.3 Å². The molecule has 2 heterocycles. The number of ether oxygens (including phenoxy) is 1. The van der Waals surface area contributed by atoms with Crippen molar-refractivity contribution in [1.82, 2.24) is 0 Å². The molecule has 0 unspecified atom stereocenters. The maximum Gasteiger partial charge on any atom is 0.238 e. The number of allylic oxidation sites excluding steroid dienone is 2. The molecule has 1 aliphatic carbocycles. The first-order valence-corrected chi connectivity index (χ1v) is 15.5. The van der Waals surface area contributed by atoms with Crippen molar-refractivity contribution in [1.29, 1.82) is 0 Å². The van der Waals surface area contributed by atoms with Crippen LogP contribution in [0.1, 0.15) is 52.0 Å². The Bertz CT molecular complexity index is 1560. The predicted octanol–water partition coefficient (Wildman–Crippen LogP) is 7.89. The number of aromatic hydroxyl groups is 1. The molecular formula is C37H40N2O4. The molecule has 0 saturated carbocycles. The van der Waals surface area contributed by atoms with Crippen LogP contribution < -0.4 is 10.2 Å². The number of rotatable bonds is 9. The fourth-order valence-corrected chi connectivity index (χ4v) is 7.11. The maximum atomic E-state index is 14.0. The first-order chi connectivity index (χ1) is 20.8. The van der Waals surface area contributed by atoms with Crippen LogP contribution in [-0.4, -0.2) is 29.6 Å². The molecule has 6 nitrogen and oxygen atoms in total. The van der Waals surface area contributed by atoms with E-state index in [2.05, 4.69) is 32.2 Å². The summed E-state index contributed by atoms with van der Waals surface area (Å²) in [6.07, 6.45) is 5.33. The third-order valence-corrected chi connectivity index (χ3v) is 9.25. The molecule has 2 aliphatic heterocycles. The quantitative estimate of drug-likeness (QED) is 0.200. The van der Waals surface area contributed by atoms with Gasteiger partial charge >= 0.3 is 0 Å². The lowest BCUT2D eigenvalue weighted by Crippen LogP contribution is -2.35. The lowest BCUT2D eigenvalue weighted by molar-refractivity contribution is -0.122. The molecule has 6 rings (SSSR count). The van der Waals surface area contributed by atoms with Crippen LogP contribution >= 0.6 is 0 Å². The number of benzene rings is 3. The molecule has 43 heavy (non-hydrogen) atoms. The number of nitrogens with one attached hydrogen (secondary N) is 1. The van der Waals surface area contributed by atoms with Crippen molar-refractivity contribution in [2.45, 2.75) is 52.6 Å². The molecule has 3 aromatic rings. The van der Waals surface area contributed by atoms with Crippen LogP contribution in [0.3, 0.4) is 0 Å². The van der Waals surface area contributed by atoms with E-state index < -0.39 is 0 Å². The molecule has 0 aromatic heterocycles. The van der Waals surface area contributed by atoms with Crippen LogP contribution in [0, 0.1) is 23.7 Å². The second-order valence-electron chi connectivity index (χ2n) is 12.2. The summed E-state index contributed by atoms with van der Waals surface area (Å²) in [6, 6.07) is 24.8. The third kappa shape index (κ3) is 5.76. The molecule has 2 amide bonds. The summed E-state index contributed by atoms with van der Waals surface area (Å²) in [7, 11) is 0. The average molecular weight is 577 g/mol. The number of anilines is 3. The standard InChI is InChI=1S/C37H40N2O4/c1-4-24(19-25-9-8-12-29(40)20-25)13-18-33-34-30(23(2)3)21-31-35(32(34)22-43-33)37(42)39(36(31)41)28-16-14-27(15-17-28)38-26-10-6-5-7-11-26/h5-12,14-17,19-20,23,31-33,35,38,40H,4,13,18,21-22H2,1-3H3/b24-19+/t31-,32+,33-,35-/m1/s1. The van der Waals surface area contributed by atoms with E-state index in [0.717, 1.165) is 36.2 Å². The van der Waals surface area contributed by atoms with Gasteiger partial charge in [-0.3, -0.25) is 14.5 Å². The molecule has 3 aliphatic rings. The van der Waals surface area contributed by atoms with E-state index in [1.807, 2.05) is 66.7 Å². The summed E-state index contributed by atoms with van der Waals surface area (Å²) in [4.78, 5) is 29.2. The van der Waals surface area contributed by atoms with Gasteiger partial charge < -0.3 is 15.2 Å². The minimum atomic E-state index is -0.384. The Hall–Kier alpha value is -4.16. The fourth-order valence-electron chi connectivity index (χ4n) is 7.11. The molecule has 0 bridgehead atoms. The Morgan fingerprint density at radius 3 is 2.42 bits per heavy atom. The van der Waals surface area contributed by atoms with E-state index in [1.165, 1.54) is 21.6 Å². The number of phenolic OH excluding ortho intramolecular Hbond substituents is 1. The zero-order chi connectivity index (χ0) is 30.1. The number of carbonyl (C=O) groups excluding carboxylic acids is 2. The van der Waals surface area contributed by atoms with Gasteiger partial charge in [-0.15, -0.1) is 0 Å². The van der Waals surface area contributed by atoms with Gasteiger partial charge in [-0.25, -0.2) is 0 Å². The van der Waals surface area contributed by atoms with Gasteiger partial charge in [-0.1, -0.05) is 68.3 Å². The molecule has 222 valence electrons. The van der Waals surface area contributed by atoms with E-state index in [4.69, 9.17) is 4.74 Å². The Morgan fingerprint density at radius 2 is 1.72 bits per heavy atom. The van der Waals surface area contributed by atoms with Crippen LogP contribution in [0.15, 0.2) is 95.6 Å². The van der Waals surface area contributed by atoms with Crippen LogP contribution in [0.2, 0.25) is 0 Å². The highest BCUT2D eigenvalue weighted by molar-refractivity contribution is 6.22. The smallest absolute Gasteiger partial charge is 0.238 e. The number of fused-ring (bicyclic) bond motifs is 3. The summed E-state index contributed by atoms with van der Waals surface area (Å²) >= 11 is 0. The van der Waals surface area contributed by atoms with Crippen molar-refractivity contribution in [3.8, 4) is 5.75 Å². The van der Waals surface area contributed by atoms with Crippen LogP contribution in [0.4, 0.5) is 17.1 Å².